The predicted molar refractivity (Wildman–Crippen MR) is 83.1 cm³/mol. The zero-order valence-corrected chi connectivity index (χ0v) is 12.5. The number of fused-ring (bicyclic) bond motifs is 1. The van der Waals surface area contributed by atoms with Crippen molar-refractivity contribution in [1.29, 1.82) is 0 Å². The van der Waals surface area contributed by atoms with Crippen molar-refractivity contribution in [2.75, 3.05) is 13.1 Å². The van der Waals surface area contributed by atoms with Gasteiger partial charge in [-0.25, -0.2) is 0 Å². The standard InChI is InChI=1S/C18H24N2O/c21-18(20-11-17(13-2-3-13)14-4-5-14)15-6-1-12-7-8-19-10-16(12)9-15/h1,6,9,13-14,17,19H,2-5,7-8,10-11H2,(H,20,21). The van der Waals surface area contributed by atoms with Crippen LogP contribution in [0.25, 0.3) is 0 Å². The summed E-state index contributed by atoms with van der Waals surface area (Å²) in [6.45, 7) is 2.82. The van der Waals surface area contributed by atoms with Crippen LogP contribution < -0.4 is 10.6 Å². The smallest absolute Gasteiger partial charge is 0.251 e. The van der Waals surface area contributed by atoms with Crippen molar-refractivity contribution in [3.63, 3.8) is 0 Å². The molecule has 1 amide bonds. The average Bonchev–Trinajstić information content (AvgIpc) is 3.39. The fourth-order valence-corrected chi connectivity index (χ4v) is 3.70. The third-order valence-corrected chi connectivity index (χ3v) is 5.31. The Morgan fingerprint density at radius 1 is 1.19 bits per heavy atom. The van der Waals surface area contributed by atoms with Crippen LogP contribution in [0.2, 0.25) is 0 Å². The zero-order valence-electron chi connectivity index (χ0n) is 12.5. The highest BCUT2D eigenvalue weighted by Gasteiger charge is 2.41. The summed E-state index contributed by atoms with van der Waals surface area (Å²) >= 11 is 0. The first-order valence-corrected chi connectivity index (χ1v) is 8.42. The van der Waals surface area contributed by atoms with Gasteiger partial charge in [-0.2, -0.15) is 0 Å². The highest BCUT2D eigenvalue weighted by Crippen LogP contribution is 2.48. The Balaban J connectivity index is 1.40. The molecule has 3 heteroatoms. The van der Waals surface area contributed by atoms with Gasteiger partial charge in [0, 0.05) is 18.7 Å². The zero-order chi connectivity index (χ0) is 14.2. The SMILES string of the molecule is O=C(NCC(C1CC1)C1CC1)c1ccc2c(c1)CNCC2. The second-order valence-electron chi connectivity index (χ2n) is 6.96. The number of hydrogen-bond acceptors (Lipinski definition) is 2. The summed E-state index contributed by atoms with van der Waals surface area (Å²) in [4.78, 5) is 12.4. The summed E-state index contributed by atoms with van der Waals surface area (Å²) < 4.78 is 0. The van der Waals surface area contributed by atoms with Crippen molar-refractivity contribution < 1.29 is 4.79 Å². The van der Waals surface area contributed by atoms with E-state index < -0.39 is 0 Å². The van der Waals surface area contributed by atoms with Gasteiger partial charge >= 0.3 is 0 Å². The molecule has 1 heterocycles. The number of amides is 1. The molecule has 0 atom stereocenters. The van der Waals surface area contributed by atoms with Crippen LogP contribution in [0.15, 0.2) is 18.2 Å². The Morgan fingerprint density at radius 2 is 1.95 bits per heavy atom. The normalized spacial score (nSPS) is 21.2. The average molecular weight is 284 g/mol. The number of carbonyl (C=O) groups excluding carboxylic acids is 1. The summed E-state index contributed by atoms with van der Waals surface area (Å²) in [5.41, 5.74) is 3.50. The van der Waals surface area contributed by atoms with E-state index >= 15 is 0 Å². The maximum atomic E-state index is 12.4. The lowest BCUT2D eigenvalue weighted by molar-refractivity contribution is 0.0943. The summed E-state index contributed by atoms with van der Waals surface area (Å²) in [6, 6.07) is 6.19. The van der Waals surface area contributed by atoms with Crippen LogP contribution in [0.4, 0.5) is 0 Å². The molecule has 2 N–H and O–H groups in total. The molecule has 0 saturated heterocycles. The molecule has 1 aromatic carbocycles. The first-order valence-electron chi connectivity index (χ1n) is 8.42. The van der Waals surface area contributed by atoms with Gasteiger partial charge in [-0.3, -0.25) is 4.79 Å². The van der Waals surface area contributed by atoms with E-state index in [1.807, 2.05) is 6.07 Å². The molecular weight excluding hydrogens is 260 g/mol. The molecular formula is C18H24N2O. The molecule has 1 aliphatic heterocycles. The van der Waals surface area contributed by atoms with Gasteiger partial charge in [0.1, 0.15) is 0 Å². The van der Waals surface area contributed by atoms with Crippen LogP contribution in [0.3, 0.4) is 0 Å². The maximum absolute atomic E-state index is 12.4. The van der Waals surface area contributed by atoms with Gasteiger partial charge < -0.3 is 10.6 Å². The van der Waals surface area contributed by atoms with Gasteiger partial charge in [0.25, 0.3) is 5.91 Å². The van der Waals surface area contributed by atoms with Crippen LogP contribution in [-0.4, -0.2) is 19.0 Å². The van der Waals surface area contributed by atoms with Gasteiger partial charge in [0.05, 0.1) is 0 Å². The van der Waals surface area contributed by atoms with Crippen molar-refractivity contribution >= 4 is 5.91 Å². The van der Waals surface area contributed by atoms with Crippen molar-refractivity contribution in [2.24, 2.45) is 17.8 Å². The van der Waals surface area contributed by atoms with Crippen LogP contribution in [-0.2, 0) is 13.0 Å². The van der Waals surface area contributed by atoms with Crippen LogP contribution in [0.5, 0.6) is 0 Å². The van der Waals surface area contributed by atoms with E-state index in [1.165, 1.54) is 36.8 Å². The molecule has 2 aliphatic carbocycles. The van der Waals surface area contributed by atoms with Crippen molar-refractivity contribution in [1.82, 2.24) is 10.6 Å². The van der Waals surface area contributed by atoms with Gasteiger partial charge in [0.2, 0.25) is 0 Å². The summed E-state index contributed by atoms with van der Waals surface area (Å²) in [5.74, 6) is 2.64. The summed E-state index contributed by atoms with van der Waals surface area (Å²) in [6.07, 6.45) is 6.58. The first kappa shape index (κ1) is 13.3. The van der Waals surface area contributed by atoms with Crippen molar-refractivity contribution in [2.45, 2.75) is 38.6 Å². The van der Waals surface area contributed by atoms with E-state index in [4.69, 9.17) is 0 Å². The minimum Gasteiger partial charge on any atom is -0.352 e. The summed E-state index contributed by atoms with van der Waals surface area (Å²) in [7, 11) is 0. The first-order chi connectivity index (χ1) is 10.3. The van der Waals surface area contributed by atoms with Gasteiger partial charge in [0.15, 0.2) is 0 Å². The Bertz CT molecular complexity index is 534. The van der Waals surface area contributed by atoms with E-state index in [0.29, 0.717) is 0 Å². The molecule has 2 saturated carbocycles. The van der Waals surface area contributed by atoms with E-state index in [9.17, 15) is 4.79 Å². The maximum Gasteiger partial charge on any atom is 0.251 e. The number of rotatable bonds is 5. The van der Waals surface area contributed by atoms with E-state index in [1.54, 1.807) is 0 Å². The van der Waals surface area contributed by atoms with Crippen molar-refractivity contribution in [3.8, 4) is 0 Å². The Morgan fingerprint density at radius 3 is 2.67 bits per heavy atom. The molecule has 1 aromatic rings. The molecule has 0 unspecified atom stereocenters. The highest BCUT2D eigenvalue weighted by atomic mass is 16.1. The van der Waals surface area contributed by atoms with E-state index in [0.717, 1.165) is 49.4 Å². The van der Waals surface area contributed by atoms with Crippen LogP contribution in [0, 0.1) is 17.8 Å². The largest absolute Gasteiger partial charge is 0.352 e. The van der Waals surface area contributed by atoms with Gasteiger partial charge in [-0.1, -0.05) is 6.07 Å². The molecule has 0 radical (unpaired) electrons. The van der Waals surface area contributed by atoms with E-state index in [-0.39, 0.29) is 5.91 Å². The lowest BCUT2D eigenvalue weighted by Crippen LogP contribution is -2.31. The van der Waals surface area contributed by atoms with Crippen LogP contribution in [0.1, 0.15) is 47.2 Å². The van der Waals surface area contributed by atoms with Gasteiger partial charge in [-0.15, -0.1) is 0 Å². The molecule has 21 heavy (non-hydrogen) atoms. The third-order valence-electron chi connectivity index (χ3n) is 5.31. The molecule has 112 valence electrons. The second-order valence-corrected chi connectivity index (χ2v) is 6.96. The van der Waals surface area contributed by atoms with Crippen LogP contribution >= 0.6 is 0 Å². The molecule has 3 nitrogen and oxygen atoms in total. The topological polar surface area (TPSA) is 41.1 Å². The molecule has 0 aromatic heterocycles. The number of hydrogen-bond donors (Lipinski definition) is 2. The molecule has 0 bridgehead atoms. The third kappa shape index (κ3) is 2.98. The predicted octanol–water partition coefficient (Wildman–Crippen LogP) is 2.50. The highest BCUT2D eigenvalue weighted by molar-refractivity contribution is 5.94. The molecule has 0 spiro atoms. The van der Waals surface area contributed by atoms with Gasteiger partial charge in [-0.05, 0) is 79.7 Å². The lowest BCUT2D eigenvalue weighted by Gasteiger charge is -2.19. The lowest BCUT2D eigenvalue weighted by atomic mass is 9.97. The fourth-order valence-electron chi connectivity index (χ4n) is 3.70. The quantitative estimate of drug-likeness (QED) is 0.872. The monoisotopic (exact) mass is 284 g/mol. The minimum absolute atomic E-state index is 0.106. The van der Waals surface area contributed by atoms with E-state index in [2.05, 4.69) is 22.8 Å². The molecule has 2 fully saturated rings. The molecule has 3 aliphatic rings. The Labute approximate surface area is 126 Å². The number of carbonyl (C=O) groups is 1. The number of nitrogens with one attached hydrogen (secondary N) is 2. The fraction of sp³-hybridized carbons (Fsp3) is 0.611. The molecule has 4 rings (SSSR count). The Kier molecular flexibility index (Phi) is 3.46. The Hall–Kier alpha value is -1.35. The second kappa shape index (κ2) is 5.45. The van der Waals surface area contributed by atoms with Crippen molar-refractivity contribution in [3.05, 3.63) is 34.9 Å². The minimum atomic E-state index is 0.106. The summed E-state index contributed by atoms with van der Waals surface area (Å²) in [5, 5.41) is 6.56. The number of benzene rings is 1.